The first kappa shape index (κ1) is 25.6. The van der Waals surface area contributed by atoms with Crippen LogP contribution in [0.5, 0.6) is 0 Å². The fourth-order valence-corrected chi connectivity index (χ4v) is 5.88. The molecule has 0 spiro atoms. The Balaban J connectivity index is 1.40. The SMILES string of the molecule is Cn1cc(N2Cc3cccc(-c4nn(C5CCOCC5)c5c4CN(C(=O)OC(C)(C)C)CC5)c3CC2=O)cn1. The number of hydrogen-bond acceptors (Lipinski definition) is 6. The lowest BCUT2D eigenvalue weighted by molar-refractivity contribution is -0.118. The van der Waals surface area contributed by atoms with Crippen molar-refractivity contribution in [3.05, 3.63) is 53.0 Å². The highest BCUT2D eigenvalue weighted by molar-refractivity contribution is 5.97. The summed E-state index contributed by atoms with van der Waals surface area (Å²) in [4.78, 5) is 29.9. The number of carbonyl (C=O) groups excluding carboxylic acids is 2. The summed E-state index contributed by atoms with van der Waals surface area (Å²) < 4.78 is 15.2. The maximum atomic E-state index is 13.3. The Hall–Kier alpha value is -3.66. The van der Waals surface area contributed by atoms with Crippen LogP contribution in [0.25, 0.3) is 11.3 Å². The predicted molar refractivity (Wildman–Crippen MR) is 145 cm³/mol. The summed E-state index contributed by atoms with van der Waals surface area (Å²) in [6, 6.07) is 6.45. The molecule has 1 fully saturated rings. The average molecular weight is 533 g/mol. The number of carbonyl (C=O) groups is 2. The number of nitrogens with zero attached hydrogens (tertiary/aromatic N) is 6. The summed E-state index contributed by atoms with van der Waals surface area (Å²) in [6.45, 7) is 8.60. The van der Waals surface area contributed by atoms with Gasteiger partial charge < -0.3 is 19.3 Å². The Kier molecular flexibility index (Phi) is 6.45. The van der Waals surface area contributed by atoms with Crippen molar-refractivity contribution in [2.75, 3.05) is 24.7 Å². The lowest BCUT2D eigenvalue weighted by Gasteiger charge is -2.32. The van der Waals surface area contributed by atoms with E-state index in [0.29, 0.717) is 26.1 Å². The monoisotopic (exact) mass is 532 g/mol. The normalized spacial score (nSPS) is 18.2. The first-order valence-corrected chi connectivity index (χ1v) is 13.7. The number of fused-ring (bicyclic) bond motifs is 2. The van der Waals surface area contributed by atoms with E-state index >= 15 is 0 Å². The minimum Gasteiger partial charge on any atom is -0.444 e. The zero-order chi connectivity index (χ0) is 27.3. The summed E-state index contributed by atoms with van der Waals surface area (Å²) >= 11 is 0. The smallest absolute Gasteiger partial charge is 0.410 e. The van der Waals surface area contributed by atoms with Crippen LogP contribution < -0.4 is 4.90 Å². The first-order chi connectivity index (χ1) is 18.7. The summed E-state index contributed by atoms with van der Waals surface area (Å²) in [6.07, 6.45) is 6.10. The molecular formula is C29H36N6O4. The van der Waals surface area contributed by atoms with Crippen LogP contribution in [0.15, 0.2) is 30.6 Å². The standard InChI is InChI=1S/C29H36N6O4/c1-29(2,3)39-28(37)33-11-8-25-24(18-33)27(31-35(25)20-9-12-38-13-10-20)22-7-5-6-19-16-34(26(36)14-23(19)22)21-15-30-32(4)17-21/h5-7,15,17,20H,8-14,16,18H2,1-4H3. The van der Waals surface area contributed by atoms with Gasteiger partial charge in [0.2, 0.25) is 5.91 Å². The van der Waals surface area contributed by atoms with E-state index in [1.165, 1.54) is 5.69 Å². The van der Waals surface area contributed by atoms with Crippen molar-refractivity contribution in [2.24, 2.45) is 7.05 Å². The number of anilines is 1. The van der Waals surface area contributed by atoms with Crippen LogP contribution in [0.2, 0.25) is 0 Å². The number of hydrogen-bond donors (Lipinski definition) is 0. The van der Waals surface area contributed by atoms with Gasteiger partial charge in [-0.2, -0.15) is 10.2 Å². The van der Waals surface area contributed by atoms with Crippen molar-refractivity contribution in [1.29, 1.82) is 0 Å². The van der Waals surface area contributed by atoms with E-state index < -0.39 is 5.60 Å². The van der Waals surface area contributed by atoms with Gasteiger partial charge in [0.25, 0.3) is 0 Å². The molecule has 0 radical (unpaired) electrons. The third-order valence-corrected chi connectivity index (χ3v) is 7.76. The second-order valence-electron chi connectivity index (χ2n) is 11.7. The molecule has 3 aromatic rings. The molecule has 3 aliphatic rings. The lowest BCUT2D eigenvalue weighted by Crippen LogP contribution is -2.40. The van der Waals surface area contributed by atoms with E-state index in [1.54, 1.807) is 20.7 Å². The molecule has 1 aromatic carbocycles. The summed E-state index contributed by atoms with van der Waals surface area (Å²) in [7, 11) is 1.85. The van der Waals surface area contributed by atoms with Crippen LogP contribution in [-0.2, 0) is 47.2 Å². The fraction of sp³-hybridized carbons (Fsp3) is 0.517. The van der Waals surface area contributed by atoms with E-state index in [-0.39, 0.29) is 24.5 Å². The number of benzene rings is 1. The van der Waals surface area contributed by atoms with Gasteiger partial charge in [-0.15, -0.1) is 0 Å². The van der Waals surface area contributed by atoms with Gasteiger partial charge >= 0.3 is 6.09 Å². The van der Waals surface area contributed by atoms with Crippen molar-refractivity contribution in [1.82, 2.24) is 24.5 Å². The lowest BCUT2D eigenvalue weighted by atomic mass is 9.90. The zero-order valence-electron chi connectivity index (χ0n) is 23.1. The summed E-state index contributed by atoms with van der Waals surface area (Å²) in [5.41, 5.74) is 6.41. The number of aryl methyl sites for hydroxylation is 1. The summed E-state index contributed by atoms with van der Waals surface area (Å²) in [5.74, 6) is 0.0380. The minimum atomic E-state index is -0.564. The molecule has 10 heteroatoms. The first-order valence-electron chi connectivity index (χ1n) is 13.7. The number of aromatic nitrogens is 4. The van der Waals surface area contributed by atoms with Gasteiger partial charge in [0.15, 0.2) is 0 Å². The topological polar surface area (TPSA) is 94.7 Å². The molecule has 10 nitrogen and oxygen atoms in total. The molecular weight excluding hydrogens is 496 g/mol. The van der Waals surface area contributed by atoms with Crippen LogP contribution in [-0.4, -0.2) is 61.8 Å². The van der Waals surface area contributed by atoms with E-state index in [1.807, 2.05) is 40.1 Å². The molecule has 0 aliphatic carbocycles. The Morgan fingerprint density at radius 2 is 1.92 bits per heavy atom. The molecule has 0 unspecified atom stereocenters. The highest BCUT2D eigenvalue weighted by atomic mass is 16.6. The van der Waals surface area contributed by atoms with E-state index in [2.05, 4.69) is 21.9 Å². The van der Waals surface area contributed by atoms with Gasteiger partial charge in [0.1, 0.15) is 5.60 Å². The zero-order valence-corrected chi connectivity index (χ0v) is 23.1. The van der Waals surface area contributed by atoms with Crippen molar-refractivity contribution < 1.29 is 19.1 Å². The van der Waals surface area contributed by atoms with Crippen molar-refractivity contribution in [2.45, 2.75) is 71.2 Å². The molecule has 1 saturated heterocycles. The molecule has 3 aliphatic heterocycles. The molecule has 39 heavy (non-hydrogen) atoms. The molecule has 5 heterocycles. The van der Waals surface area contributed by atoms with Crippen molar-refractivity contribution in [3.63, 3.8) is 0 Å². The van der Waals surface area contributed by atoms with Gasteiger partial charge in [0, 0.05) is 56.2 Å². The molecule has 0 atom stereocenters. The number of rotatable bonds is 3. The maximum absolute atomic E-state index is 13.3. The third kappa shape index (κ3) is 4.93. The predicted octanol–water partition coefficient (Wildman–Crippen LogP) is 4.02. The second kappa shape index (κ2) is 9.82. The van der Waals surface area contributed by atoms with Gasteiger partial charge in [0.05, 0.1) is 43.1 Å². The van der Waals surface area contributed by atoms with E-state index in [9.17, 15) is 9.59 Å². The highest BCUT2D eigenvalue weighted by Crippen LogP contribution is 2.38. The molecule has 2 amide bonds. The summed E-state index contributed by atoms with van der Waals surface area (Å²) in [5, 5.41) is 9.46. The van der Waals surface area contributed by atoms with Crippen molar-refractivity contribution in [3.8, 4) is 11.3 Å². The Labute approximate surface area is 228 Å². The molecule has 0 N–H and O–H groups in total. The molecule has 2 aromatic heterocycles. The molecule has 6 rings (SSSR count). The van der Waals surface area contributed by atoms with Crippen LogP contribution >= 0.6 is 0 Å². The van der Waals surface area contributed by atoms with Gasteiger partial charge in [-0.3, -0.25) is 14.2 Å². The van der Waals surface area contributed by atoms with E-state index in [4.69, 9.17) is 14.6 Å². The van der Waals surface area contributed by atoms with Crippen LogP contribution in [0, 0.1) is 0 Å². The highest BCUT2D eigenvalue weighted by Gasteiger charge is 2.35. The van der Waals surface area contributed by atoms with Crippen LogP contribution in [0.4, 0.5) is 10.5 Å². The minimum absolute atomic E-state index is 0.0380. The maximum Gasteiger partial charge on any atom is 0.410 e. The molecule has 0 saturated carbocycles. The van der Waals surface area contributed by atoms with Crippen LogP contribution in [0.3, 0.4) is 0 Å². The van der Waals surface area contributed by atoms with Gasteiger partial charge in [-0.25, -0.2) is 4.79 Å². The number of amides is 2. The Morgan fingerprint density at radius 3 is 2.64 bits per heavy atom. The van der Waals surface area contributed by atoms with Crippen molar-refractivity contribution >= 4 is 17.7 Å². The quantitative estimate of drug-likeness (QED) is 0.506. The Morgan fingerprint density at radius 1 is 1.13 bits per heavy atom. The number of ether oxygens (including phenoxy) is 2. The average Bonchev–Trinajstić information content (AvgIpc) is 3.51. The Bertz CT molecular complexity index is 1410. The largest absolute Gasteiger partial charge is 0.444 e. The van der Waals surface area contributed by atoms with Gasteiger partial charge in [-0.1, -0.05) is 18.2 Å². The second-order valence-corrected chi connectivity index (χ2v) is 11.7. The molecule has 0 bridgehead atoms. The van der Waals surface area contributed by atoms with Gasteiger partial charge in [-0.05, 0) is 44.7 Å². The fourth-order valence-electron chi connectivity index (χ4n) is 5.88. The molecule has 206 valence electrons. The third-order valence-electron chi connectivity index (χ3n) is 7.76. The van der Waals surface area contributed by atoms with E-state index in [0.717, 1.165) is 59.7 Å². The van der Waals surface area contributed by atoms with Crippen LogP contribution in [0.1, 0.15) is 62.0 Å².